The van der Waals surface area contributed by atoms with Crippen molar-refractivity contribution in [2.75, 3.05) is 39.4 Å². The molecule has 2 N–H and O–H groups in total. The van der Waals surface area contributed by atoms with Crippen LogP contribution in [0.15, 0.2) is 6.20 Å². The molecule has 0 bridgehead atoms. The minimum Gasteiger partial charge on any atom is -0.379 e. The summed E-state index contributed by atoms with van der Waals surface area (Å²) in [6.45, 7) is 5.80. The van der Waals surface area contributed by atoms with Crippen LogP contribution in [0.3, 0.4) is 0 Å². The van der Waals surface area contributed by atoms with E-state index in [4.69, 9.17) is 4.74 Å². The van der Waals surface area contributed by atoms with Crippen LogP contribution in [0.4, 0.5) is 0 Å². The number of hydrogen-bond acceptors (Lipinski definition) is 5. The molecular weight excluding hydrogens is 318 g/mol. The molecule has 2 fully saturated rings. The first-order chi connectivity index (χ1) is 11.1. The maximum Gasteiger partial charge on any atom is 0.282 e. The molecule has 3 heterocycles. The number of ether oxygens (including phenoxy) is 1. The summed E-state index contributed by atoms with van der Waals surface area (Å²) in [6, 6.07) is 0.348. The zero-order valence-electron chi connectivity index (χ0n) is 13.5. The summed E-state index contributed by atoms with van der Waals surface area (Å²) in [6.07, 6.45) is 3.50. The predicted octanol–water partition coefficient (Wildman–Crippen LogP) is -0.151. The molecule has 0 amide bonds. The van der Waals surface area contributed by atoms with E-state index in [0.29, 0.717) is 45.4 Å². The molecule has 0 radical (unpaired) electrons. The van der Waals surface area contributed by atoms with E-state index in [1.807, 2.05) is 13.1 Å². The number of hydrogen-bond donors (Lipinski definition) is 2. The second-order valence-corrected chi connectivity index (χ2v) is 8.02. The highest BCUT2D eigenvalue weighted by Gasteiger charge is 2.33. The fraction of sp³-hybridized carbons (Fsp3) is 0.786. The third kappa shape index (κ3) is 3.92. The number of nitrogens with one attached hydrogen (secondary N) is 2. The molecule has 1 aromatic rings. The van der Waals surface area contributed by atoms with Crippen LogP contribution in [-0.4, -0.2) is 72.7 Å². The Hall–Kier alpha value is -1.00. The zero-order valence-corrected chi connectivity index (χ0v) is 14.3. The average Bonchev–Trinajstić information content (AvgIpc) is 2.99. The van der Waals surface area contributed by atoms with E-state index in [2.05, 4.69) is 15.5 Å². The Balaban J connectivity index is 1.49. The molecule has 9 heteroatoms. The molecule has 0 aromatic carbocycles. The largest absolute Gasteiger partial charge is 0.379 e. The summed E-state index contributed by atoms with van der Waals surface area (Å²) in [4.78, 5) is 0. The minimum atomic E-state index is -3.33. The molecule has 3 rings (SSSR count). The monoisotopic (exact) mass is 343 g/mol. The molecule has 0 unspecified atom stereocenters. The second kappa shape index (κ2) is 7.27. The molecule has 0 aliphatic carbocycles. The number of rotatable bonds is 5. The first kappa shape index (κ1) is 16.8. The number of nitrogens with zero attached hydrogens (tertiary/aromatic N) is 3. The van der Waals surface area contributed by atoms with E-state index in [1.165, 1.54) is 0 Å². The van der Waals surface area contributed by atoms with Crippen LogP contribution in [0.5, 0.6) is 0 Å². The number of aryl methyl sites for hydroxylation is 1. The molecular formula is C14H25N5O3S. The SMILES string of the molecule is Cc1[nH]ncc1CNC1CCN(S(=O)(=O)N2CCOCC2)CC1. The smallest absolute Gasteiger partial charge is 0.282 e. The standard InChI is InChI=1S/C14H25N5O3S/c1-12-13(11-16-17-12)10-15-14-2-4-18(5-3-14)23(20,21)19-6-8-22-9-7-19/h11,14-15H,2-10H2,1H3,(H,16,17). The fourth-order valence-electron chi connectivity index (χ4n) is 3.04. The van der Waals surface area contributed by atoms with Gasteiger partial charge in [-0.1, -0.05) is 0 Å². The van der Waals surface area contributed by atoms with Gasteiger partial charge in [-0.05, 0) is 19.8 Å². The van der Waals surface area contributed by atoms with Crippen molar-refractivity contribution in [3.8, 4) is 0 Å². The van der Waals surface area contributed by atoms with Crippen LogP contribution in [0.2, 0.25) is 0 Å². The van der Waals surface area contributed by atoms with Crippen LogP contribution < -0.4 is 5.32 Å². The summed E-state index contributed by atoms with van der Waals surface area (Å²) < 4.78 is 33.6. The van der Waals surface area contributed by atoms with Crippen molar-refractivity contribution in [2.45, 2.75) is 32.4 Å². The van der Waals surface area contributed by atoms with Crippen molar-refractivity contribution >= 4 is 10.2 Å². The summed E-state index contributed by atoms with van der Waals surface area (Å²) in [5.41, 5.74) is 2.23. The molecule has 8 nitrogen and oxygen atoms in total. The van der Waals surface area contributed by atoms with E-state index in [0.717, 1.165) is 30.6 Å². The number of aromatic amines is 1. The van der Waals surface area contributed by atoms with Crippen molar-refractivity contribution < 1.29 is 13.2 Å². The van der Waals surface area contributed by atoms with Gasteiger partial charge >= 0.3 is 0 Å². The molecule has 1 aromatic heterocycles. The van der Waals surface area contributed by atoms with Gasteiger partial charge in [0.1, 0.15) is 0 Å². The molecule has 23 heavy (non-hydrogen) atoms. The third-order valence-electron chi connectivity index (χ3n) is 4.59. The maximum absolute atomic E-state index is 12.6. The molecule has 0 saturated carbocycles. The number of aromatic nitrogens is 2. The minimum absolute atomic E-state index is 0.348. The molecule has 2 aliphatic rings. The molecule has 0 spiro atoms. The second-order valence-electron chi connectivity index (χ2n) is 6.09. The van der Waals surface area contributed by atoms with Gasteiger partial charge in [0.25, 0.3) is 10.2 Å². The van der Waals surface area contributed by atoms with Gasteiger partial charge in [-0.25, -0.2) is 0 Å². The van der Waals surface area contributed by atoms with Gasteiger partial charge in [0.2, 0.25) is 0 Å². The lowest BCUT2D eigenvalue weighted by molar-refractivity contribution is 0.0695. The van der Waals surface area contributed by atoms with Gasteiger partial charge in [0.05, 0.1) is 19.4 Å². The van der Waals surface area contributed by atoms with Crippen molar-refractivity contribution in [2.24, 2.45) is 0 Å². The summed E-state index contributed by atoms with van der Waals surface area (Å²) in [5.74, 6) is 0. The highest BCUT2D eigenvalue weighted by molar-refractivity contribution is 7.86. The first-order valence-corrected chi connectivity index (χ1v) is 9.52. The maximum atomic E-state index is 12.6. The highest BCUT2D eigenvalue weighted by atomic mass is 32.2. The van der Waals surface area contributed by atoms with Gasteiger partial charge < -0.3 is 10.1 Å². The molecule has 130 valence electrons. The Kier molecular flexibility index (Phi) is 5.32. The van der Waals surface area contributed by atoms with Crippen molar-refractivity contribution in [1.29, 1.82) is 0 Å². The normalized spacial score (nSPS) is 22.5. The lowest BCUT2D eigenvalue weighted by Gasteiger charge is -2.36. The average molecular weight is 343 g/mol. The molecule has 2 aliphatic heterocycles. The van der Waals surface area contributed by atoms with Crippen LogP contribution in [-0.2, 0) is 21.5 Å². The lowest BCUT2D eigenvalue weighted by atomic mass is 10.1. The van der Waals surface area contributed by atoms with E-state index in [-0.39, 0.29) is 0 Å². The van der Waals surface area contributed by atoms with E-state index in [1.54, 1.807) is 8.61 Å². The van der Waals surface area contributed by atoms with Crippen molar-refractivity contribution in [3.05, 3.63) is 17.5 Å². The summed E-state index contributed by atoms with van der Waals surface area (Å²) >= 11 is 0. The first-order valence-electron chi connectivity index (χ1n) is 8.12. The molecule has 0 atom stereocenters. The van der Waals surface area contributed by atoms with Gasteiger partial charge in [0, 0.05) is 50.0 Å². The Morgan fingerprint density at radius 1 is 1.26 bits per heavy atom. The third-order valence-corrected chi connectivity index (χ3v) is 6.63. The van der Waals surface area contributed by atoms with E-state index < -0.39 is 10.2 Å². The van der Waals surface area contributed by atoms with Gasteiger partial charge in [-0.3, -0.25) is 5.10 Å². The quantitative estimate of drug-likeness (QED) is 0.776. The van der Waals surface area contributed by atoms with Gasteiger partial charge in [-0.2, -0.15) is 22.1 Å². The summed E-state index contributed by atoms with van der Waals surface area (Å²) in [7, 11) is -3.33. The van der Waals surface area contributed by atoms with Crippen LogP contribution in [0, 0.1) is 6.92 Å². The van der Waals surface area contributed by atoms with Gasteiger partial charge in [-0.15, -0.1) is 0 Å². The Morgan fingerprint density at radius 3 is 2.52 bits per heavy atom. The predicted molar refractivity (Wildman–Crippen MR) is 86.1 cm³/mol. The van der Waals surface area contributed by atoms with Crippen LogP contribution in [0.1, 0.15) is 24.1 Å². The molecule has 2 saturated heterocycles. The number of piperidine rings is 1. The Bertz CT molecular complexity index is 604. The van der Waals surface area contributed by atoms with Crippen LogP contribution in [0.25, 0.3) is 0 Å². The fourth-order valence-corrected chi connectivity index (χ4v) is 4.65. The van der Waals surface area contributed by atoms with E-state index >= 15 is 0 Å². The Labute approximate surface area is 137 Å². The number of H-pyrrole nitrogens is 1. The lowest BCUT2D eigenvalue weighted by Crippen LogP contribution is -2.52. The van der Waals surface area contributed by atoms with Crippen molar-refractivity contribution in [1.82, 2.24) is 24.1 Å². The topological polar surface area (TPSA) is 90.6 Å². The summed E-state index contributed by atoms with van der Waals surface area (Å²) in [5, 5.41) is 10.4. The number of morpholine rings is 1. The van der Waals surface area contributed by atoms with Crippen molar-refractivity contribution in [3.63, 3.8) is 0 Å². The zero-order chi connectivity index (χ0) is 16.3. The van der Waals surface area contributed by atoms with Gasteiger partial charge in [0.15, 0.2) is 0 Å². The van der Waals surface area contributed by atoms with E-state index in [9.17, 15) is 8.42 Å². The Morgan fingerprint density at radius 2 is 1.91 bits per heavy atom. The highest BCUT2D eigenvalue weighted by Crippen LogP contribution is 2.18. The van der Waals surface area contributed by atoms with Crippen LogP contribution >= 0.6 is 0 Å².